The second-order valence-corrected chi connectivity index (χ2v) is 6.14. The summed E-state index contributed by atoms with van der Waals surface area (Å²) in [7, 11) is 0. The Morgan fingerprint density at radius 2 is 1.96 bits per heavy atom. The molecule has 1 unspecified atom stereocenters. The van der Waals surface area contributed by atoms with E-state index in [2.05, 4.69) is 10.2 Å². The van der Waals surface area contributed by atoms with Crippen molar-refractivity contribution < 1.29 is 13.9 Å². The van der Waals surface area contributed by atoms with E-state index in [1.54, 1.807) is 0 Å². The quantitative estimate of drug-likeness (QED) is 0.852. The second-order valence-electron chi connectivity index (χ2n) is 6.14. The van der Waals surface area contributed by atoms with Crippen LogP contribution in [0.4, 0.5) is 4.79 Å². The van der Waals surface area contributed by atoms with Crippen LogP contribution in [0.2, 0.25) is 0 Å². The first-order valence-corrected chi connectivity index (χ1v) is 8.75. The molecule has 0 saturated carbocycles. The summed E-state index contributed by atoms with van der Waals surface area (Å²) in [6, 6.07) is -0.0453. The molecule has 2 amide bonds. The van der Waals surface area contributed by atoms with Gasteiger partial charge >= 0.3 is 6.03 Å². The Balaban J connectivity index is 1.77. The molecule has 0 aromatic carbocycles. The van der Waals surface area contributed by atoms with Gasteiger partial charge in [0.15, 0.2) is 0 Å². The fourth-order valence-corrected chi connectivity index (χ4v) is 3.38. The van der Waals surface area contributed by atoms with Crippen molar-refractivity contribution in [1.82, 2.24) is 20.0 Å². The zero-order valence-corrected chi connectivity index (χ0v) is 14.0. The largest absolute Gasteiger partial charge is 0.420 e. The van der Waals surface area contributed by atoms with E-state index < -0.39 is 0 Å². The second kappa shape index (κ2) is 7.29. The summed E-state index contributed by atoms with van der Waals surface area (Å²) in [6.07, 6.45) is 4.85. The van der Waals surface area contributed by atoms with Crippen LogP contribution in [-0.2, 0) is 4.74 Å². The van der Waals surface area contributed by atoms with Gasteiger partial charge in [-0.1, -0.05) is 0 Å². The number of urea groups is 1. The molecule has 0 spiro atoms. The van der Waals surface area contributed by atoms with Gasteiger partial charge in [-0.15, -0.1) is 10.2 Å². The van der Waals surface area contributed by atoms with Crippen LogP contribution in [0.25, 0.3) is 0 Å². The predicted octanol–water partition coefficient (Wildman–Crippen LogP) is 2.91. The molecule has 0 aliphatic carbocycles. The molecule has 0 radical (unpaired) electrons. The van der Waals surface area contributed by atoms with Crippen LogP contribution in [0, 0.1) is 0 Å². The summed E-state index contributed by atoms with van der Waals surface area (Å²) in [6.45, 7) is 6.92. The highest BCUT2D eigenvalue weighted by Crippen LogP contribution is 2.33. The van der Waals surface area contributed by atoms with Gasteiger partial charge in [0.25, 0.3) is 0 Å². The third-order valence-corrected chi connectivity index (χ3v) is 4.73. The molecular formula is C16H26N4O3. The van der Waals surface area contributed by atoms with Gasteiger partial charge in [-0.3, -0.25) is 0 Å². The molecular weight excluding hydrogens is 296 g/mol. The molecule has 0 N–H and O–H groups in total. The minimum atomic E-state index is -0.112. The normalized spacial score (nSPS) is 24.9. The molecule has 2 atom stereocenters. The number of piperidine rings is 1. The van der Waals surface area contributed by atoms with Crippen molar-refractivity contribution in [2.75, 3.05) is 26.2 Å². The van der Waals surface area contributed by atoms with Crippen molar-refractivity contribution in [2.24, 2.45) is 0 Å². The fraction of sp³-hybridized carbons (Fsp3) is 0.812. The van der Waals surface area contributed by atoms with E-state index in [0.29, 0.717) is 24.9 Å². The molecule has 1 aromatic heterocycles. The lowest BCUT2D eigenvalue weighted by Gasteiger charge is -2.36. The Hall–Kier alpha value is -1.63. The molecule has 0 bridgehead atoms. The average Bonchev–Trinajstić information content (AvgIpc) is 3.27. The van der Waals surface area contributed by atoms with Crippen LogP contribution in [0.15, 0.2) is 4.42 Å². The number of ether oxygens (including phenoxy) is 1. The molecule has 3 heterocycles. The molecule has 7 heteroatoms. The van der Waals surface area contributed by atoms with E-state index in [1.807, 2.05) is 23.6 Å². The number of aromatic nitrogens is 2. The van der Waals surface area contributed by atoms with Crippen molar-refractivity contribution >= 4 is 6.03 Å². The maximum absolute atomic E-state index is 12.7. The minimum absolute atomic E-state index is 0.0663. The molecule has 2 saturated heterocycles. The van der Waals surface area contributed by atoms with Crippen molar-refractivity contribution in [1.29, 1.82) is 0 Å². The zero-order valence-electron chi connectivity index (χ0n) is 14.0. The number of hydrogen-bond acceptors (Lipinski definition) is 5. The van der Waals surface area contributed by atoms with Crippen molar-refractivity contribution in [2.45, 2.75) is 58.1 Å². The van der Waals surface area contributed by atoms with E-state index in [0.717, 1.165) is 45.3 Å². The van der Waals surface area contributed by atoms with Gasteiger partial charge in [0.1, 0.15) is 12.1 Å². The van der Waals surface area contributed by atoms with Crippen LogP contribution in [0.1, 0.15) is 69.9 Å². The van der Waals surface area contributed by atoms with E-state index >= 15 is 0 Å². The molecule has 2 aliphatic heterocycles. The van der Waals surface area contributed by atoms with E-state index in [-0.39, 0.29) is 18.2 Å². The molecule has 128 valence electrons. The number of rotatable bonds is 4. The Kier molecular flexibility index (Phi) is 5.15. The van der Waals surface area contributed by atoms with Gasteiger partial charge in [0, 0.05) is 26.2 Å². The first-order chi connectivity index (χ1) is 11.2. The van der Waals surface area contributed by atoms with Crippen LogP contribution < -0.4 is 0 Å². The summed E-state index contributed by atoms with van der Waals surface area (Å²) in [4.78, 5) is 16.5. The highest BCUT2D eigenvalue weighted by molar-refractivity contribution is 5.75. The van der Waals surface area contributed by atoms with E-state index in [4.69, 9.17) is 9.15 Å². The number of carbonyl (C=O) groups is 1. The molecule has 2 aliphatic rings. The topological polar surface area (TPSA) is 71.7 Å². The summed E-state index contributed by atoms with van der Waals surface area (Å²) in [5.74, 6) is 1.11. The summed E-state index contributed by atoms with van der Waals surface area (Å²) < 4.78 is 11.5. The molecule has 23 heavy (non-hydrogen) atoms. The number of likely N-dealkylation sites (tertiary alicyclic amines) is 1. The monoisotopic (exact) mass is 322 g/mol. The summed E-state index contributed by atoms with van der Waals surface area (Å²) >= 11 is 0. The predicted molar refractivity (Wildman–Crippen MR) is 83.8 cm³/mol. The summed E-state index contributed by atoms with van der Waals surface area (Å²) in [5.41, 5.74) is 0. The van der Waals surface area contributed by atoms with Gasteiger partial charge in [-0.2, -0.15) is 0 Å². The molecule has 2 fully saturated rings. The van der Waals surface area contributed by atoms with Crippen LogP contribution in [0.5, 0.6) is 0 Å². The minimum Gasteiger partial charge on any atom is -0.420 e. The highest BCUT2D eigenvalue weighted by Gasteiger charge is 2.34. The molecule has 3 rings (SSSR count). The van der Waals surface area contributed by atoms with Gasteiger partial charge in [0.2, 0.25) is 11.8 Å². The third kappa shape index (κ3) is 3.34. The number of hydrogen-bond donors (Lipinski definition) is 0. The Labute approximate surface area is 137 Å². The lowest BCUT2D eigenvalue weighted by molar-refractivity contribution is 0.0808. The maximum Gasteiger partial charge on any atom is 0.320 e. The SMILES string of the molecule is CCN(CC)C(=O)N1CCCCC1c1nnc([C@H]2CCCO2)o1. The van der Waals surface area contributed by atoms with Crippen molar-refractivity contribution in [3.8, 4) is 0 Å². The Morgan fingerprint density at radius 1 is 1.17 bits per heavy atom. The van der Waals surface area contributed by atoms with Crippen LogP contribution >= 0.6 is 0 Å². The van der Waals surface area contributed by atoms with Gasteiger partial charge in [0.05, 0.1) is 0 Å². The van der Waals surface area contributed by atoms with Crippen LogP contribution in [0.3, 0.4) is 0 Å². The van der Waals surface area contributed by atoms with Gasteiger partial charge in [-0.25, -0.2) is 4.79 Å². The van der Waals surface area contributed by atoms with Crippen LogP contribution in [-0.4, -0.2) is 52.3 Å². The Bertz CT molecular complexity index is 523. The van der Waals surface area contributed by atoms with Gasteiger partial charge < -0.3 is 19.0 Å². The lowest BCUT2D eigenvalue weighted by atomic mass is 10.0. The molecule has 1 aromatic rings. The smallest absolute Gasteiger partial charge is 0.320 e. The fourth-order valence-electron chi connectivity index (χ4n) is 3.38. The van der Waals surface area contributed by atoms with Gasteiger partial charge in [-0.05, 0) is 46.0 Å². The first kappa shape index (κ1) is 16.2. The number of amides is 2. The van der Waals surface area contributed by atoms with E-state index in [9.17, 15) is 4.79 Å². The first-order valence-electron chi connectivity index (χ1n) is 8.75. The Morgan fingerprint density at radius 3 is 2.65 bits per heavy atom. The van der Waals surface area contributed by atoms with Crippen molar-refractivity contribution in [3.05, 3.63) is 11.8 Å². The van der Waals surface area contributed by atoms with Crippen molar-refractivity contribution in [3.63, 3.8) is 0 Å². The average molecular weight is 322 g/mol. The third-order valence-electron chi connectivity index (χ3n) is 4.73. The zero-order chi connectivity index (χ0) is 16.2. The number of nitrogens with zero attached hydrogens (tertiary/aromatic N) is 4. The molecule has 7 nitrogen and oxygen atoms in total. The standard InChI is InChI=1S/C16H26N4O3/c1-3-19(4-2)16(21)20-10-6-5-8-12(20)14-17-18-15(23-14)13-9-7-11-22-13/h12-13H,3-11H2,1-2H3/t12?,13-/m1/s1. The van der Waals surface area contributed by atoms with E-state index in [1.165, 1.54) is 0 Å². The lowest BCUT2D eigenvalue weighted by Crippen LogP contribution is -2.46. The summed E-state index contributed by atoms with van der Waals surface area (Å²) in [5, 5.41) is 8.38. The highest BCUT2D eigenvalue weighted by atomic mass is 16.5. The number of carbonyl (C=O) groups excluding carboxylic acids is 1. The maximum atomic E-state index is 12.7.